The van der Waals surface area contributed by atoms with Crippen molar-refractivity contribution in [2.45, 2.75) is 57.5 Å². The molecule has 7 heteroatoms. The molecule has 2 N–H and O–H groups in total. The molecule has 4 atom stereocenters. The Balaban J connectivity index is 1.64. The molecule has 180 valence electrons. The maximum atomic E-state index is 14.2. The number of amides is 2. The summed E-state index contributed by atoms with van der Waals surface area (Å²) in [5.74, 6) is -0.811. The number of carbonyl (C=O) groups excluding carboxylic acids is 2. The number of hydrogen-bond acceptors (Lipinski definition) is 5. The molecule has 7 nitrogen and oxygen atoms in total. The fraction of sp³-hybridized carbons (Fsp3) is 0.481. The van der Waals surface area contributed by atoms with Gasteiger partial charge in [0.25, 0.3) is 5.91 Å². The maximum Gasteiger partial charge on any atom is 0.264 e. The third-order valence-electron chi connectivity index (χ3n) is 7.73. The number of nitrogens with zero attached hydrogens (tertiary/aromatic N) is 2. The standard InChI is InChI=1S/C27H32N2O5/c1-17-24(26(2,3)33)22(12-14-30)34-27(17)20-15-19(28-13-11-23(28)31)9-10-21(20)29(25(27)32)16-18-7-5-4-6-8-18/h4-10,15,17,22,24,30,33H,11-14,16H2,1-3H3/t17-,22+,24-,27+/m0/s1. The summed E-state index contributed by atoms with van der Waals surface area (Å²) in [6, 6.07) is 15.5. The molecular formula is C27H32N2O5. The lowest BCUT2D eigenvalue weighted by Gasteiger charge is -2.34. The van der Waals surface area contributed by atoms with Crippen molar-refractivity contribution in [1.82, 2.24) is 0 Å². The molecule has 34 heavy (non-hydrogen) atoms. The number of rotatable bonds is 6. The van der Waals surface area contributed by atoms with E-state index in [0.29, 0.717) is 25.9 Å². The lowest BCUT2D eigenvalue weighted by Crippen LogP contribution is -2.46. The summed E-state index contributed by atoms with van der Waals surface area (Å²) in [4.78, 5) is 29.9. The van der Waals surface area contributed by atoms with Gasteiger partial charge in [0.05, 0.1) is 23.9 Å². The Hall–Kier alpha value is -2.74. The number of hydrogen-bond donors (Lipinski definition) is 2. The second kappa shape index (κ2) is 8.18. The predicted molar refractivity (Wildman–Crippen MR) is 128 cm³/mol. The van der Waals surface area contributed by atoms with Crippen LogP contribution in [0.25, 0.3) is 0 Å². The maximum absolute atomic E-state index is 14.2. The fourth-order valence-electron chi connectivity index (χ4n) is 6.14. The highest BCUT2D eigenvalue weighted by atomic mass is 16.5. The van der Waals surface area contributed by atoms with Gasteiger partial charge in [-0.3, -0.25) is 9.59 Å². The minimum Gasteiger partial charge on any atom is -0.396 e. The SMILES string of the molecule is C[C@H]1[C@H](C(C)(C)O)[C@@H](CCO)O[C@]12C(=O)N(Cc1ccccc1)c1ccc(N3CCC3=O)cc12. The van der Waals surface area contributed by atoms with Crippen LogP contribution in [0.3, 0.4) is 0 Å². The Morgan fingerprint density at radius 2 is 1.88 bits per heavy atom. The van der Waals surface area contributed by atoms with Crippen molar-refractivity contribution in [2.75, 3.05) is 23.0 Å². The third kappa shape index (κ3) is 3.37. The summed E-state index contributed by atoms with van der Waals surface area (Å²) in [6.07, 6.45) is 0.364. The summed E-state index contributed by atoms with van der Waals surface area (Å²) in [5, 5.41) is 20.8. The topological polar surface area (TPSA) is 90.3 Å². The molecule has 1 spiro atoms. The molecule has 0 unspecified atom stereocenters. The van der Waals surface area contributed by atoms with Crippen molar-refractivity contribution >= 4 is 23.2 Å². The Labute approximate surface area is 199 Å². The zero-order chi connectivity index (χ0) is 24.3. The summed E-state index contributed by atoms with van der Waals surface area (Å²) in [7, 11) is 0. The van der Waals surface area contributed by atoms with Gasteiger partial charge in [0.2, 0.25) is 5.91 Å². The van der Waals surface area contributed by atoms with Crippen LogP contribution in [0.15, 0.2) is 48.5 Å². The average Bonchev–Trinajstić information content (AvgIpc) is 3.21. The molecule has 0 bridgehead atoms. The van der Waals surface area contributed by atoms with E-state index < -0.39 is 17.3 Å². The monoisotopic (exact) mass is 464 g/mol. The van der Waals surface area contributed by atoms with E-state index in [-0.39, 0.29) is 30.3 Å². The molecule has 3 aliphatic rings. The van der Waals surface area contributed by atoms with Crippen molar-refractivity contribution in [3.8, 4) is 0 Å². The Kier molecular flexibility index (Phi) is 5.54. The van der Waals surface area contributed by atoms with Gasteiger partial charge in [0.1, 0.15) is 0 Å². The zero-order valence-electron chi connectivity index (χ0n) is 19.9. The number of ether oxygens (including phenoxy) is 1. The second-order valence-electron chi connectivity index (χ2n) is 10.2. The van der Waals surface area contributed by atoms with Crippen LogP contribution in [-0.4, -0.2) is 46.9 Å². The molecule has 2 amide bonds. The summed E-state index contributed by atoms with van der Waals surface area (Å²) < 4.78 is 6.61. The van der Waals surface area contributed by atoms with Crippen molar-refractivity contribution in [3.63, 3.8) is 0 Å². The lowest BCUT2D eigenvalue weighted by atomic mass is 9.71. The van der Waals surface area contributed by atoms with E-state index >= 15 is 0 Å². The molecular weight excluding hydrogens is 432 g/mol. The first-order chi connectivity index (χ1) is 16.2. The Morgan fingerprint density at radius 3 is 2.47 bits per heavy atom. The van der Waals surface area contributed by atoms with Gasteiger partial charge in [-0.1, -0.05) is 37.3 Å². The highest BCUT2D eigenvalue weighted by Crippen LogP contribution is 2.58. The van der Waals surface area contributed by atoms with Crippen molar-refractivity contribution in [2.24, 2.45) is 11.8 Å². The summed E-state index contributed by atoms with van der Waals surface area (Å²) in [6.45, 7) is 6.37. The van der Waals surface area contributed by atoms with Crippen LogP contribution in [0.1, 0.15) is 44.7 Å². The minimum atomic E-state index is -1.29. The number of benzene rings is 2. The van der Waals surface area contributed by atoms with Crippen molar-refractivity contribution < 1.29 is 24.5 Å². The van der Waals surface area contributed by atoms with Crippen LogP contribution in [-0.2, 0) is 26.5 Å². The number of anilines is 2. The first kappa shape index (κ1) is 23.0. The molecule has 0 aromatic heterocycles. The van der Waals surface area contributed by atoms with Gasteiger partial charge in [-0.05, 0) is 44.0 Å². The van der Waals surface area contributed by atoms with Crippen LogP contribution in [0.5, 0.6) is 0 Å². The van der Waals surface area contributed by atoms with Gasteiger partial charge in [0, 0.05) is 42.7 Å². The van der Waals surface area contributed by atoms with Gasteiger partial charge in [0.15, 0.2) is 5.60 Å². The van der Waals surface area contributed by atoms with E-state index in [4.69, 9.17) is 4.74 Å². The van der Waals surface area contributed by atoms with Crippen molar-refractivity contribution in [3.05, 3.63) is 59.7 Å². The molecule has 0 saturated carbocycles. The zero-order valence-corrected chi connectivity index (χ0v) is 19.9. The predicted octanol–water partition coefficient (Wildman–Crippen LogP) is 2.97. The number of aliphatic hydroxyl groups is 2. The van der Waals surface area contributed by atoms with E-state index in [1.54, 1.807) is 23.6 Å². The highest BCUT2D eigenvalue weighted by molar-refractivity contribution is 6.08. The van der Waals surface area contributed by atoms with E-state index in [1.165, 1.54) is 0 Å². The molecule has 0 radical (unpaired) electrons. The van der Waals surface area contributed by atoms with Gasteiger partial charge in [-0.25, -0.2) is 0 Å². The first-order valence-electron chi connectivity index (χ1n) is 12.0. The number of carbonyl (C=O) groups is 2. The fourth-order valence-corrected chi connectivity index (χ4v) is 6.14. The van der Waals surface area contributed by atoms with Gasteiger partial charge in [-0.2, -0.15) is 0 Å². The van der Waals surface area contributed by atoms with Crippen LogP contribution in [0.4, 0.5) is 11.4 Å². The molecule has 3 heterocycles. The Morgan fingerprint density at radius 1 is 1.15 bits per heavy atom. The number of fused-ring (bicyclic) bond motifs is 2. The molecule has 2 aromatic rings. The van der Waals surface area contributed by atoms with Crippen LogP contribution >= 0.6 is 0 Å². The number of β-lactam (4-membered cyclic amide) rings is 1. The lowest BCUT2D eigenvalue weighted by molar-refractivity contribution is -0.146. The van der Waals surface area contributed by atoms with Gasteiger partial charge in [-0.15, -0.1) is 0 Å². The smallest absolute Gasteiger partial charge is 0.264 e. The second-order valence-corrected chi connectivity index (χ2v) is 10.2. The van der Waals surface area contributed by atoms with Crippen molar-refractivity contribution in [1.29, 1.82) is 0 Å². The number of aliphatic hydroxyl groups excluding tert-OH is 1. The summed E-state index contributed by atoms with van der Waals surface area (Å²) in [5.41, 5.74) is 0.839. The van der Waals surface area contributed by atoms with Gasteiger partial charge < -0.3 is 24.7 Å². The van der Waals surface area contributed by atoms with Crippen LogP contribution in [0, 0.1) is 11.8 Å². The third-order valence-corrected chi connectivity index (χ3v) is 7.73. The van der Waals surface area contributed by atoms with Crippen LogP contribution in [0.2, 0.25) is 0 Å². The normalized spacial score (nSPS) is 28.6. The molecule has 2 saturated heterocycles. The summed E-state index contributed by atoms with van der Waals surface area (Å²) >= 11 is 0. The van der Waals surface area contributed by atoms with E-state index in [2.05, 4.69) is 0 Å². The highest BCUT2D eigenvalue weighted by Gasteiger charge is 2.65. The molecule has 5 rings (SSSR count). The molecule has 3 aliphatic heterocycles. The van der Waals surface area contributed by atoms with Crippen LogP contribution < -0.4 is 9.80 Å². The van der Waals surface area contributed by atoms with E-state index in [1.807, 2.05) is 55.5 Å². The molecule has 2 fully saturated rings. The molecule has 0 aliphatic carbocycles. The minimum absolute atomic E-state index is 0.0624. The van der Waals surface area contributed by atoms with E-state index in [0.717, 1.165) is 22.5 Å². The first-order valence-corrected chi connectivity index (χ1v) is 12.0. The van der Waals surface area contributed by atoms with Gasteiger partial charge >= 0.3 is 0 Å². The largest absolute Gasteiger partial charge is 0.396 e. The average molecular weight is 465 g/mol. The van der Waals surface area contributed by atoms with E-state index in [9.17, 15) is 19.8 Å². The molecule has 2 aromatic carbocycles. The Bertz CT molecular complexity index is 1110. The quantitative estimate of drug-likeness (QED) is 0.642.